The lowest BCUT2D eigenvalue weighted by molar-refractivity contribution is 0.587. The molecular weight excluding hydrogens is 351 g/mol. The van der Waals surface area contributed by atoms with Crippen molar-refractivity contribution in [3.8, 4) is 0 Å². The molecule has 0 unspecified atom stereocenters. The Bertz CT molecular complexity index is 783. The van der Waals surface area contributed by atoms with E-state index in [1.165, 1.54) is 24.3 Å². The highest BCUT2D eigenvalue weighted by molar-refractivity contribution is 7.95. The first kappa shape index (κ1) is 16.9. The first-order valence-electron chi connectivity index (χ1n) is 6.17. The predicted molar refractivity (Wildman–Crippen MR) is 82.0 cm³/mol. The maximum atomic E-state index is 12.8. The fourth-order valence-corrected chi connectivity index (χ4v) is 5.19. The quantitative estimate of drug-likeness (QED) is 0.767. The van der Waals surface area contributed by atoms with Gasteiger partial charge in [-0.05, 0) is 48.5 Å². The molecule has 118 valence electrons. The van der Waals surface area contributed by atoms with Crippen LogP contribution >= 0.6 is 11.6 Å². The second kappa shape index (κ2) is 6.36. The summed E-state index contributed by atoms with van der Waals surface area (Å²) in [5, 5.41) is 0.387. The van der Waals surface area contributed by atoms with Crippen molar-refractivity contribution in [3.05, 3.63) is 59.4 Å². The van der Waals surface area contributed by atoms with Crippen molar-refractivity contribution in [1.82, 2.24) is 0 Å². The Morgan fingerprint density at radius 3 is 1.50 bits per heavy atom. The summed E-state index contributed by atoms with van der Waals surface area (Å²) in [6.45, 7) is 0. The molecule has 0 amide bonds. The van der Waals surface area contributed by atoms with Crippen LogP contribution in [0.5, 0.6) is 0 Å². The topological polar surface area (TPSA) is 68.3 Å². The SMILES string of the molecule is O=S(=O)(CCS(=O)(=O)c1ccc(Cl)cc1)c1ccc(F)cc1. The van der Waals surface area contributed by atoms with E-state index in [2.05, 4.69) is 0 Å². The van der Waals surface area contributed by atoms with Gasteiger partial charge in [-0.2, -0.15) is 0 Å². The van der Waals surface area contributed by atoms with Gasteiger partial charge in [0.2, 0.25) is 0 Å². The lowest BCUT2D eigenvalue weighted by atomic mass is 10.4. The first-order chi connectivity index (χ1) is 10.2. The van der Waals surface area contributed by atoms with Gasteiger partial charge in [-0.25, -0.2) is 21.2 Å². The Hall–Kier alpha value is -1.44. The van der Waals surface area contributed by atoms with Crippen molar-refractivity contribution < 1.29 is 21.2 Å². The Morgan fingerprint density at radius 1 is 0.727 bits per heavy atom. The van der Waals surface area contributed by atoms with Gasteiger partial charge in [0.05, 0.1) is 21.3 Å². The van der Waals surface area contributed by atoms with Crippen molar-refractivity contribution in [1.29, 1.82) is 0 Å². The lowest BCUT2D eigenvalue weighted by Gasteiger charge is -2.06. The van der Waals surface area contributed by atoms with Crippen LogP contribution in [0.1, 0.15) is 0 Å². The van der Waals surface area contributed by atoms with E-state index in [-0.39, 0.29) is 9.79 Å². The molecule has 2 aromatic carbocycles. The Morgan fingerprint density at radius 2 is 1.09 bits per heavy atom. The van der Waals surface area contributed by atoms with Crippen molar-refractivity contribution in [2.45, 2.75) is 9.79 Å². The van der Waals surface area contributed by atoms with Crippen molar-refractivity contribution in [3.63, 3.8) is 0 Å². The summed E-state index contributed by atoms with van der Waals surface area (Å²) in [6, 6.07) is 9.73. The van der Waals surface area contributed by atoms with Crippen LogP contribution in [0.15, 0.2) is 58.3 Å². The third kappa shape index (κ3) is 4.06. The standard InChI is InChI=1S/C14H12ClFO4S2/c15-11-1-5-13(6-2-11)21(17,18)9-10-22(19,20)14-7-3-12(16)4-8-14/h1-8H,9-10H2. The molecule has 0 spiro atoms. The normalized spacial score (nSPS) is 12.3. The van der Waals surface area contributed by atoms with Crippen LogP contribution in [0, 0.1) is 5.82 Å². The van der Waals surface area contributed by atoms with Gasteiger partial charge < -0.3 is 0 Å². The van der Waals surface area contributed by atoms with Crippen LogP contribution < -0.4 is 0 Å². The molecule has 0 saturated carbocycles. The van der Waals surface area contributed by atoms with Gasteiger partial charge >= 0.3 is 0 Å². The molecular formula is C14H12ClFO4S2. The zero-order chi connectivity index (χ0) is 16.4. The molecule has 2 rings (SSSR count). The number of rotatable bonds is 5. The largest absolute Gasteiger partial charge is 0.224 e. The summed E-state index contributed by atoms with van der Waals surface area (Å²) >= 11 is 5.68. The second-order valence-electron chi connectivity index (χ2n) is 4.55. The molecule has 0 saturated heterocycles. The van der Waals surface area contributed by atoms with E-state index in [0.717, 1.165) is 24.3 Å². The predicted octanol–water partition coefficient (Wildman–Crippen LogP) is 2.73. The third-order valence-electron chi connectivity index (χ3n) is 2.97. The zero-order valence-corrected chi connectivity index (χ0v) is 13.6. The van der Waals surface area contributed by atoms with Crippen molar-refractivity contribution >= 4 is 31.3 Å². The number of halogens is 2. The molecule has 0 fully saturated rings. The molecule has 22 heavy (non-hydrogen) atoms. The fourth-order valence-electron chi connectivity index (χ4n) is 1.74. The molecule has 0 N–H and O–H groups in total. The maximum absolute atomic E-state index is 12.8. The maximum Gasteiger partial charge on any atom is 0.179 e. The van der Waals surface area contributed by atoms with Gasteiger partial charge in [-0.3, -0.25) is 0 Å². The highest BCUT2D eigenvalue weighted by Crippen LogP contribution is 2.17. The number of benzene rings is 2. The van der Waals surface area contributed by atoms with Gasteiger partial charge in [0.25, 0.3) is 0 Å². The molecule has 0 aliphatic carbocycles. The monoisotopic (exact) mass is 362 g/mol. The summed E-state index contributed by atoms with van der Waals surface area (Å²) in [7, 11) is -7.54. The average Bonchev–Trinajstić information content (AvgIpc) is 2.46. The second-order valence-corrected chi connectivity index (χ2v) is 9.20. The Kier molecular flexibility index (Phi) is 4.89. The Labute approximate surface area is 133 Å². The van der Waals surface area contributed by atoms with Crippen LogP contribution in [-0.4, -0.2) is 28.3 Å². The lowest BCUT2D eigenvalue weighted by Crippen LogP contribution is -2.17. The molecule has 4 nitrogen and oxygen atoms in total. The molecule has 2 aromatic rings. The van der Waals surface area contributed by atoms with E-state index in [9.17, 15) is 21.2 Å². The molecule has 0 aliphatic heterocycles. The van der Waals surface area contributed by atoms with Gasteiger partial charge in [0, 0.05) is 5.02 Å². The van der Waals surface area contributed by atoms with E-state index < -0.39 is 37.0 Å². The van der Waals surface area contributed by atoms with Gasteiger partial charge in [0.15, 0.2) is 19.7 Å². The molecule has 0 radical (unpaired) electrons. The summed E-state index contributed by atoms with van der Waals surface area (Å²) in [4.78, 5) is -0.105. The van der Waals surface area contributed by atoms with Crippen molar-refractivity contribution in [2.75, 3.05) is 11.5 Å². The van der Waals surface area contributed by atoms with E-state index in [1.54, 1.807) is 0 Å². The van der Waals surface area contributed by atoms with E-state index >= 15 is 0 Å². The molecule has 0 bridgehead atoms. The van der Waals surface area contributed by atoms with Crippen LogP contribution in [-0.2, 0) is 19.7 Å². The minimum absolute atomic E-state index is 0.00575. The first-order valence-corrected chi connectivity index (χ1v) is 9.86. The Balaban J connectivity index is 2.17. The van der Waals surface area contributed by atoms with Crippen LogP contribution in [0.3, 0.4) is 0 Å². The molecule has 0 aliphatic rings. The van der Waals surface area contributed by atoms with Gasteiger partial charge in [-0.1, -0.05) is 11.6 Å². The summed E-state index contributed by atoms with van der Waals surface area (Å²) < 4.78 is 61.2. The van der Waals surface area contributed by atoms with Crippen LogP contribution in [0.2, 0.25) is 5.02 Å². The van der Waals surface area contributed by atoms with E-state index in [0.29, 0.717) is 5.02 Å². The molecule has 0 heterocycles. The van der Waals surface area contributed by atoms with E-state index in [1.807, 2.05) is 0 Å². The van der Waals surface area contributed by atoms with Crippen molar-refractivity contribution in [2.24, 2.45) is 0 Å². The highest BCUT2D eigenvalue weighted by atomic mass is 35.5. The van der Waals surface area contributed by atoms with E-state index in [4.69, 9.17) is 11.6 Å². The highest BCUT2D eigenvalue weighted by Gasteiger charge is 2.21. The fraction of sp³-hybridized carbons (Fsp3) is 0.143. The minimum Gasteiger partial charge on any atom is -0.224 e. The number of hydrogen-bond donors (Lipinski definition) is 0. The molecule has 0 atom stereocenters. The average molecular weight is 363 g/mol. The smallest absolute Gasteiger partial charge is 0.179 e. The molecule has 0 aromatic heterocycles. The summed E-state index contributed by atoms with van der Waals surface area (Å²) in [5.74, 6) is -1.70. The van der Waals surface area contributed by atoms with Gasteiger partial charge in [-0.15, -0.1) is 0 Å². The number of sulfone groups is 2. The van der Waals surface area contributed by atoms with Crippen LogP contribution in [0.4, 0.5) is 4.39 Å². The number of hydrogen-bond acceptors (Lipinski definition) is 4. The molecule has 8 heteroatoms. The zero-order valence-electron chi connectivity index (χ0n) is 11.2. The summed E-state index contributed by atoms with van der Waals surface area (Å²) in [5.41, 5.74) is 0. The minimum atomic E-state index is -3.80. The summed E-state index contributed by atoms with van der Waals surface area (Å²) in [6.07, 6.45) is 0. The van der Waals surface area contributed by atoms with Crippen LogP contribution in [0.25, 0.3) is 0 Å². The third-order valence-corrected chi connectivity index (χ3v) is 6.94. The van der Waals surface area contributed by atoms with Gasteiger partial charge in [0.1, 0.15) is 5.82 Å².